The maximum Gasteiger partial charge on any atom is 0.223 e. The number of benzene rings is 1. The third-order valence-electron chi connectivity index (χ3n) is 8.67. The van der Waals surface area contributed by atoms with Crippen LogP contribution in [-0.4, -0.2) is 40.2 Å². The van der Waals surface area contributed by atoms with E-state index in [1.54, 1.807) is 0 Å². The van der Waals surface area contributed by atoms with Crippen molar-refractivity contribution >= 4 is 5.91 Å². The summed E-state index contributed by atoms with van der Waals surface area (Å²) in [5.41, 5.74) is 4.30. The van der Waals surface area contributed by atoms with Crippen LogP contribution < -0.4 is 5.32 Å². The van der Waals surface area contributed by atoms with E-state index in [1.807, 2.05) is 4.68 Å². The van der Waals surface area contributed by atoms with Crippen LogP contribution in [0.25, 0.3) is 0 Å². The molecule has 2 aromatic rings. The van der Waals surface area contributed by atoms with Crippen LogP contribution in [0.2, 0.25) is 0 Å². The van der Waals surface area contributed by atoms with Crippen molar-refractivity contribution in [1.29, 1.82) is 0 Å². The van der Waals surface area contributed by atoms with Gasteiger partial charge in [-0.05, 0) is 70.0 Å². The molecular formula is C27H38N4O. The van der Waals surface area contributed by atoms with Crippen molar-refractivity contribution in [2.45, 2.75) is 77.3 Å². The average molecular weight is 435 g/mol. The zero-order chi connectivity index (χ0) is 22.2. The molecule has 1 atom stereocenters. The molecule has 3 fully saturated rings. The first-order valence-electron chi connectivity index (χ1n) is 12.6. The molecule has 1 aromatic carbocycles. The van der Waals surface area contributed by atoms with Crippen molar-refractivity contribution < 1.29 is 4.79 Å². The van der Waals surface area contributed by atoms with E-state index in [1.165, 1.54) is 36.8 Å². The molecule has 1 amide bonds. The lowest BCUT2D eigenvalue weighted by molar-refractivity contribution is -0.123. The monoisotopic (exact) mass is 434 g/mol. The molecule has 2 saturated carbocycles. The van der Waals surface area contributed by atoms with Crippen LogP contribution >= 0.6 is 0 Å². The molecule has 5 rings (SSSR count). The quantitative estimate of drug-likeness (QED) is 0.701. The largest absolute Gasteiger partial charge is 0.355 e. The highest BCUT2D eigenvalue weighted by atomic mass is 16.2. The second-order valence-corrected chi connectivity index (χ2v) is 10.6. The Labute approximate surface area is 192 Å². The fourth-order valence-corrected chi connectivity index (χ4v) is 6.34. The summed E-state index contributed by atoms with van der Waals surface area (Å²) in [6.45, 7) is 9.14. The van der Waals surface area contributed by atoms with Crippen LogP contribution in [0.15, 0.2) is 36.5 Å². The minimum Gasteiger partial charge on any atom is -0.355 e. The fraction of sp³-hybridized carbons (Fsp3) is 0.630. The highest BCUT2D eigenvalue weighted by molar-refractivity contribution is 5.82. The Morgan fingerprint density at radius 1 is 1.12 bits per heavy atom. The Morgan fingerprint density at radius 3 is 2.50 bits per heavy atom. The second kappa shape index (κ2) is 8.66. The molecule has 0 bridgehead atoms. The van der Waals surface area contributed by atoms with E-state index < -0.39 is 0 Å². The molecule has 1 aromatic heterocycles. The van der Waals surface area contributed by atoms with Gasteiger partial charge in [0.1, 0.15) is 0 Å². The molecule has 1 N–H and O–H groups in total. The van der Waals surface area contributed by atoms with Gasteiger partial charge in [0.25, 0.3) is 0 Å². The maximum atomic E-state index is 13.1. The van der Waals surface area contributed by atoms with Gasteiger partial charge < -0.3 is 5.32 Å². The van der Waals surface area contributed by atoms with Crippen LogP contribution in [0, 0.1) is 18.3 Å². The highest BCUT2D eigenvalue weighted by Crippen LogP contribution is 2.59. The zero-order valence-electron chi connectivity index (χ0n) is 19.8. The van der Waals surface area contributed by atoms with Crippen LogP contribution in [0.5, 0.6) is 0 Å². The Balaban J connectivity index is 1.14. The third kappa shape index (κ3) is 4.12. The SMILES string of the molecule is CCn1cc(CN2CCC3(CC2)C[C@H]3C(=O)NCC2(c3ccccc3)CCCC2)c(C)n1. The van der Waals surface area contributed by atoms with Gasteiger partial charge in [0, 0.05) is 42.7 Å². The lowest BCUT2D eigenvalue weighted by Gasteiger charge is -2.33. The summed E-state index contributed by atoms with van der Waals surface area (Å²) >= 11 is 0. The molecule has 3 aliphatic rings. The van der Waals surface area contributed by atoms with Crippen LogP contribution in [0.3, 0.4) is 0 Å². The number of nitrogens with zero attached hydrogens (tertiary/aromatic N) is 3. The van der Waals surface area contributed by atoms with Gasteiger partial charge in [0.15, 0.2) is 0 Å². The van der Waals surface area contributed by atoms with Crippen molar-refractivity contribution in [3.63, 3.8) is 0 Å². The zero-order valence-corrected chi connectivity index (χ0v) is 19.8. The highest BCUT2D eigenvalue weighted by Gasteiger charge is 2.58. The molecule has 2 heterocycles. The number of aromatic nitrogens is 2. The summed E-state index contributed by atoms with van der Waals surface area (Å²) in [4.78, 5) is 15.7. The number of amides is 1. The molecule has 32 heavy (non-hydrogen) atoms. The molecule has 1 saturated heterocycles. The van der Waals surface area contributed by atoms with Crippen LogP contribution in [0.1, 0.15) is 68.7 Å². The van der Waals surface area contributed by atoms with Crippen LogP contribution in [-0.2, 0) is 23.3 Å². The van der Waals surface area contributed by atoms with Gasteiger partial charge in [0.2, 0.25) is 5.91 Å². The summed E-state index contributed by atoms with van der Waals surface area (Å²) in [6.07, 6.45) is 10.5. The number of carbonyl (C=O) groups is 1. The fourth-order valence-electron chi connectivity index (χ4n) is 6.34. The number of nitrogens with one attached hydrogen (secondary N) is 1. The van der Waals surface area contributed by atoms with E-state index in [4.69, 9.17) is 0 Å². The number of hydrogen-bond donors (Lipinski definition) is 1. The predicted molar refractivity (Wildman–Crippen MR) is 127 cm³/mol. The minimum atomic E-state index is 0.142. The number of piperidine rings is 1. The molecule has 0 radical (unpaired) electrons. The molecule has 1 aliphatic heterocycles. The first kappa shape index (κ1) is 21.7. The number of likely N-dealkylation sites (tertiary alicyclic amines) is 1. The number of carbonyl (C=O) groups excluding carboxylic acids is 1. The topological polar surface area (TPSA) is 50.2 Å². The molecule has 0 unspecified atom stereocenters. The third-order valence-corrected chi connectivity index (χ3v) is 8.67. The Kier molecular flexibility index (Phi) is 5.87. The van der Waals surface area contributed by atoms with Gasteiger partial charge in [-0.2, -0.15) is 5.10 Å². The number of aryl methyl sites for hydroxylation is 2. The molecule has 172 valence electrons. The molecule has 5 nitrogen and oxygen atoms in total. The lowest BCUT2D eigenvalue weighted by Crippen LogP contribution is -2.41. The standard InChI is InChI=1S/C27H38N4O/c1-3-31-19-22(21(2)29-31)18-30-15-13-26(14-16-30)17-24(26)25(32)28-20-27(11-7-8-12-27)23-9-5-4-6-10-23/h4-6,9-10,19,24H,3,7-8,11-18,20H2,1-2H3,(H,28,32)/t24-/m0/s1. The summed E-state index contributed by atoms with van der Waals surface area (Å²) in [6, 6.07) is 10.9. The Hall–Kier alpha value is -2.14. The van der Waals surface area contributed by atoms with E-state index in [0.717, 1.165) is 57.7 Å². The summed E-state index contributed by atoms with van der Waals surface area (Å²) < 4.78 is 2.03. The Morgan fingerprint density at radius 2 is 1.84 bits per heavy atom. The number of rotatable bonds is 7. The molecular weight excluding hydrogens is 396 g/mol. The van der Waals surface area contributed by atoms with Gasteiger partial charge in [-0.25, -0.2) is 0 Å². The summed E-state index contributed by atoms with van der Waals surface area (Å²) in [7, 11) is 0. The Bertz CT molecular complexity index is 936. The summed E-state index contributed by atoms with van der Waals surface area (Å²) in [5, 5.41) is 7.99. The van der Waals surface area contributed by atoms with Crippen molar-refractivity contribution in [2.24, 2.45) is 11.3 Å². The smallest absolute Gasteiger partial charge is 0.223 e. The minimum absolute atomic E-state index is 0.142. The van der Waals surface area contributed by atoms with E-state index in [9.17, 15) is 4.79 Å². The van der Waals surface area contributed by atoms with Gasteiger partial charge in [-0.1, -0.05) is 43.2 Å². The second-order valence-electron chi connectivity index (χ2n) is 10.6. The predicted octanol–water partition coefficient (Wildman–Crippen LogP) is 4.44. The van der Waals surface area contributed by atoms with Gasteiger partial charge >= 0.3 is 0 Å². The molecule has 1 spiro atoms. The molecule has 2 aliphatic carbocycles. The van der Waals surface area contributed by atoms with Gasteiger partial charge in [-0.3, -0.25) is 14.4 Å². The van der Waals surface area contributed by atoms with Crippen molar-refractivity contribution in [3.8, 4) is 0 Å². The molecule has 5 heteroatoms. The first-order valence-corrected chi connectivity index (χ1v) is 12.6. The normalized spacial score (nSPS) is 24.0. The van der Waals surface area contributed by atoms with Gasteiger partial charge in [-0.15, -0.1) is 0 Å². The summed E-state index contributed by atoms with van der Waals surface area (Å²) in [5.74, 6) is 0.532. The van der Waals surface area contributed by atoms with E-state index in [2.05, 4.69) is 65.7 Å². The van der Waals surface area contributed by atoms with E-state index >= 15 is 0 Å². The van der Waals surface area contributed by atoms with Crippen molar-refractivity contribution in [3.05, 3.63) is 53.3 Å². The number of hydrogen-bond acceptors (Lipinski definition) is 3. The van der Waals surface area contributed by atoms with Crippen LogP contribution in [0.4, 0.5) is 0 Å². The van der Waals surface area contributed by atoms with Crippen molar-refractivity contribution in [1.82, 2.24) is 20.0 Å². The maximum absolute atomic E-state index is 13.1. The van der Waals surface area contributed by atoms with Crippen molar-refractivity contribution in [2.75, 3.05) is 19.6 Å². The average Bonchev–Trinajstić information content (AvgIpc) is 3.14. The van der Waals surface area contributed by atoms with E-state index in [0.29, 0.717) is 5.91 Å². The van der Waals surface area contributed by atoms with Gasteiger partial charge in [0.05, 0.1) is 5.69 Å². The van der Waals surface area contributed by atoms with E-state index in [-0.39, 0.29) is 16.7 Å². The lowest BCUT2D eigenvalue weighted by atomic mass is 9.78. The first-order chi connectivity index (χ1) is 15.5.